The Morgan fingerprint density at radius 1 is 1.19 bits per heavy atom. The molecule has 0 aliphatic heterocycles. The van der Waals surface area contributed by atoms with Crippen LogP contribution in [0.25, 0.3) is 10.2 Å². The first-order valence-corrected chi connectivity index (χ1v) is 9.80. The number of fused-ring (bicyclic) bond motifs is 1. The minimum absolute atomic E-state index is 0.0992. The lowest BCUT2D eigenvalue weighted by molar-refractivity contribution is -0.130. The van der Waals surface area contributed by atoms with Crippen molar-refractivity contribution < 1.29 is 14.3 Å². The molecule has 0 aliphatic carbocycles. The fraction of sp³-hybridized carbons (Fsp3) is 0.333. The second-order valence-electron chi connectivity index (χ2n) is 6.24. The van der Waals surface area contributed by atoms with Gasteiger partial charge in [0.1, 0.15) is 0 Å². The number of hydrogen-bond acceptors (Lipinski definition) is 5. The second kappa shape index (κ2) is 8.86. The molecule has 0 saturated carbocycles. The van der Waals surface area contributed by atoms with Gasteiger partial charge in [0, 0.05) is 26.4 Å². The van der Waals surface area contributed by atoms with E-state index in [9.17, 15) is 4.79 Å². The number of hydrogen-bond donors (Lipinski definition) is 0. The van der Waals surface area contributed by atoms with Crippen LogP contribution in [0.3, 0.4) is 0 Å². The van der Waals surface area contributed by atoms with E-state index < -0.39 is 0 Å². The van der Waals surface area contributed by atoms with Crippen LogP contribution in [0, 0.1) is 0 Å². The highest BCUT2D eigenvalue weighted by molar-refractivity contribution is 7.18. The maximum Gasteiger partial charge on any atom is 0.223 e. The molecular formula is C21H24N2O3S. The van der Waals surface area contributed by atoms with Crippen LogP contribution in [0.2, 0.25) is 0 Å². The number of nitrogens with zero attached hydrogens (tertiary/aromatic N) is 2. The van der Waals surface area contributed by atoms with Gasteiger partial charge in [0.25, 0.3) is 0 Å². The van der Waals surface area contributed by atoms with Gasteiger partial charge in [-0.2, -0.15) is 0 Å². The standard InChI is InChI=1S/C21H24N2O3S/c1-4-26-17-10-9-15(13-18(17)25-3)14-23(2)21(24)12-11-20-22-16-7-5-6-8-19(16)27-20/h5-10,13H,4,11-12,14H2,1-3H3. The van der Waals surface area contributed by atoms with Crippen LogP contribution in [-0.2, 0) is 17.8 Å². The summed E-state index contributed by atoms with van der Waals surface area (Å²) in [6.45, 7) is 3.05. The molecule has 1 aromatic heterocycles. The number of aromatic nitrogens is 1. The number of amides is 1. The van der Waals surface area contributed by atoms with Gasteiger partial charge >= 0.3 is 0 Å². The zero-order valence-corrected chi connectivity index (χ0v) is 16.7. The van der Waals surface area contributed by atoms with Gasteiger partial charge in [-0.25, -0.2) is 4.98 Å². The predicted octanol–water partition coefficient (Wildman–Crippen LogP) is 4.29. The van der Waals surface area contributed by atoms with Gasteiger partial charge < -0.3 is 14.4 Å². The molecular weight excluding hydrogens is 360 g/mol. The largest absolute Gasteiger partial charge is 0.493 e. The molecule has 0 unspecified atom stereocenters. The number of rotatable bonds is 8. The Morgan fingerprint density at radius 2 is 2.00 bits per heavy atom. The van der Waals surface area contributed by atoms with Crippen molar-refractivity contribution in [1.82, 2.24) is 9.88 Å². The highest BCUT2D eigenvalue weighted by atomic mass is 32.1. The van der Waals surface area contributed by atoms with Crippen molar-refractivity contribution in [2.75, 3.05) is 20.8 Å². The zero-order chi connectivity index (χ0) is 19.2. The summed E-state index contributed by atoms with van der Waals surface area (Å²) in [6, 6.07) is 13.8. The van der Waals surface area contributed by atoms with Crippen LogP contribution in [0.4, 0.5) is 0 Å². The quantitative estimate of drug-likeness (QED) is 0.581. The van der Waals surface area contributed by atoms with E-state index in [0.717, 1.165) is 20.8 Å². The van der Waals surface area contributed by atoms with Crippen molar-refractivity contribution in [2.24, 2.45) is 0 Å². The molecule has 0 bridgehead atoms. The first-order chi connectivity index (χ1) is 13.1. The van der Waals surface area contributed by atoms with E-state index in [1.807, 2.05) is 50.4 Å². The van der Waals surface area contributed by atoms with E-state index in [1.165, 1.54) is 0 Å². The van der Waals surface area contributed by atoms with Crippen LogP contribution in [0.1, 0.15) is 23.9 Å². The molecule has 0 N–H and O–H groups in total. The average Bonchev–Trinajstić information content (AvgIpc) is 3.10. The van der Waals surface area contributed by atoms with Gasteiger partial charge in [-0.3, -0.25) is 4.79 Å². The van der Waals surface area contributed by atoms with Gasteiger partial charge in [0.2, 0.25) is 5.91 Å². The Kier molecular flexibility index (Phi) is 6.29. The molecule has 5 nitrogen and oxygen atoms in total. The third-order valence-electron chi connectivity index (χ3n) is 4.26. The van der Waals surface area contributed by atoms with E-state index >= 15 is 0 Å². The second-order valence-corrected chi connectivity index (χ2v) is 7.36. The molecule has 0 atom stereocenters. The summed E-state index contributed by atoms with van der Waals surface area (Å²) in [6.07, 6.45) is 1.11. The van der Waals surface area contributed by atoms with E-state index in [-0.39, 0.29) is 5.91 Å². The van der Waals surface area contributed by atoms with Crippen molar-refractivity contribution in [3.05, 3.63) is 53.0 Å². The molecule has 0 fully saturated rings. The first-order valence-electron chi connectivity index (χ1n) is 8.98. The fourth-order valence-electron chi connectivity index (χ4n) is 2.88. The molecule has 3 aromatic rings. The van der Waals surface area contributed by atoms with E-state index in [0.29, 0.717) is 37.5 Å². The van der Waals surface area contributed by atoms with Gasteiger partial charge in [-0.1, -0.05) is 18.2 Å². The van der Waals surface area contributed by atoms with E-state index in [1.54, 1.807) is 23.3 Å². The summed E-state index contributed by atoms with van der Waals surface area (Å²) in [7, 11) is 3.44. The highest BCUT2D eigenvalue weighted by Crippen LogP contribution is 2.28. The minimum atomic E-state index is 0.0992. The van der Waals surface area contributed by atoms with Gasteiger partial charge in [-0.15, -0.1) is 11.3 Å². The summed E-state index contributed by atoms with van der Waals surface area (Å²) in [4.78, 5) is 18.8. The molecule has 142 valence electrons. The lowest BCUT2D eigenvalue weighted by Gasteiger charge is -2.18. The Labute approximate surface area is 163 Å². The lowest BCUT2D eigenvalue weighted by atomic mass is 10.2. The molecule has 1 amide bonds. The average molecular weight is 385 g/mol. The van der Waals surface area contributed by atoms with Crippen molar-refractivity contribution in [3.63, 3.8) is 0 Å². The van der Waals surface area contributed by atoms with Gasteiger partial charge in [0.15, 0.2) is 11.5 Å². The Bertz CT molecular complexity index is 890. The van der Waals surface area contributed by atoms with Gasteiger partial charge in [0.05, 0.1) is 28.9 Å². The molecule has 0 aliphatic rings. The van der Waals surface area contributed by atoms with E-state index in [4.69, 9.17) is 9.47 Å². The number of benzene rings is 2. The van der Waals surface area contributed by atoms with Crippen LogP contribution in [-0.4, -0.2) is 36.6 Å². The number of aryl methyl sites for hydroxylation is 1. The molecule has 0 spiro atoms. The zero-order valence-electron chi connectivity index (χ0n) is 15.9. The van der Waals surface area contributed by atoms with E-state index in [2.05, 4.69) is 11.1 Å². The molecule has 3 rings (SSSR count). The number of ether oxygens (including phenoxy) is 2. The summed E-state index contributed by atoms with van der Waals surface area (Å²) in [5, 5.41) is 1.00. The normalized spacial score (nSPS) is 10.8. The number of para-hydroxylation sites is 1. The van der Waals surface area contributed by atoms with Gasteiger partial charge in [-0.05, 0) is 36.8 Å². The Hall–Kier alpha value is -2.60. The highest BCUT2D eigenvalue weighted by Gasteiger charge is 2.13. The monoisotopic (exact) mass is 384 g/mol. The summed E-state index contributed by atoms with van der Waals surface area (Å²) >= 11 is 1.65. The first kappa shape index (κ1) is 19.2. The van der Waals surface area contributed by atoms with Crippen molar-refractivity contribution in [3.8, 4) is 11.5 Å². The Balaban J connectivity index is 1.58. The lowest BCUT2D eigenvalue weighted by Crippen LogP contribution is -2.26. The maximum absolute atomic E-state index is 12.5. The minimum Gasteiger partial charge on any atom is -0.493 e. The maximum atomic E-state index is 12.5. The molecule has 0 saturated heterocycles. The number of carbonyl (C=O) groups is 1. The van der Waals surface area contributed by atoms with Crippen molar-refractivity contribution in [1.29, 1.82) is 0 Å². The van der Waals surface area contributed by atoms with Crippen molar-refractivity contribution >= 4 is 27.5 Å². The number of methoxy groups -OCH3 is 1. The van der Waals surface area contributed by atoms with Crippen LogP contribution < -0.4 is 9.47 Å². The third-order valence-corrected chi connectivity index (χ3v) is 5.36. The molecule has 6 heteroatoms. The number of thiazole rings is 1. The summed E-state index contributed by atoms with van der Waals surface area (Å²) in [5.41, 5.74) is 2.01. The molecule has 27 heavy (non-hydrogen) atoms. The SMILES string of the molecule is CCOc1ccc(CN(C)C(=O)CCc2nc3ccccc3s2)cc1OC. The smallest absolute Gasteiger partial charge is 0.223 e. The molecule has 1 heterocycles. The predicted molar refractivity (Wildman–Crippen MR) is 109 cm³/mol. The number of carbonyl (C=O) groups excluding carboxylic acids is 1. The molecule has 0 radical (unpaired) electrons. The summed E-state index contributed by atoms with van der Waals surface area (Å²) < 4.78 is 12.1. The van der Waals surface area contributed by atoms with Crippen LogP contribution >= 0.6 is 11.3 Å². The Morgan fingerprint density at radius 3 is 2.74 bits per heavy atom. The topological polar surface area (TPSA) is 51.7 Å². The molecule has 2 aromatic carbocycles. The summed E-state index contributed by atoms with van der Waals surface area (Å²) in [5.74, 6) is 1.50. The van der Waals surface area contributed by atoms with Crippen LogP contribution in [0.15, 0.2) is 42.5 Å². The fourth-order valence-corrected chi connectivity index (χ4v) is 3.85. The van der Waals surface area contributed by atoms with Crippen molar-refractivity contribution in [2.45, 2.75) is 26.3 Å². The van der Waals surface area contributed by atoms with Crippen LogP contribution in [0.5, 0.6) is 11.5 Å². The third kappa shape index (κ3) is 4.77.